The molecule has 0 heterocycles. The SMILES string of the molecule is CC(=O)N[Si](C)(C)C.O=C(O)C(F)(F)F. The molecule has 0 aromatic heterocycles. The lowest BCUT2D eigenvalue weighted by atomic mass is 10.7. The molecule has 0 fully saturated rings. The highest BCUT2D eigenvalue weighted by Gasteiger charge is 2.38. The lowest BCUT2D eigenvalue weighted by molar-refractivity contribution is -0.192. The zero-order valence-electron chi connectivity index (χ0n) is 8.90. The van der Waals surface area contributed by atoms with Crippen molar-refractivity contribution in [1.29, 1.82) is 0 Å². The quantitative estimate of drug-likeness (QED) is 0.689. The second-order valence-electron chi connectivity index (χ2n) is 3.73. The van der Waals surface area contributed by atoms with Crippen LogP contribution in [0.5, 0.6) is 0 Å². The van der Waals surface area contributed by atoms with Gasteiger partial charge in [0.05, 0.1) is 0 Å². The highest BCUT2D eigenvalue weighted by Crippen LogP contribution is 2.13. The summed E-state index contributed by atoms with van der Waals surface area (Å²) >= 11 is 0. The summed E-state index contributed by atoms with van der Waals surface area (Å²) in [7, 11) is -1.32. The Hall–Kier alpha value is -1.05. The predicted octanol–water partition coefficient (Wildman–Crippen LogP) is 1.59. The topological polar surface area (TPSA) is 66.4 Å². The van der Waals surface area contributed by atoms with Crippen molar-refractivity contribution in [2.75, 3.05) is 0 Å². The number of carbonyl (C=O) groups is 2. The van der Waals surface area contributed by atoms with Gasteiger partial charge in [-0.05, 0) is 0 Å². The van der Waals surface area contributed by atoms with Crippen LogP contribution in [-0.4, -0.2) is 31.4 Å². The average molecular weight is 245 g/mol. The fourth-order valence-electron chi connectivity index (χ4n) is 0.528. The molecule has 0 aliphatic carbocycles. The standard InChI is InChI=1S/C5H13NOSi.C2HF3O2/c1-5(7)6-8(2,3)4;3-2(4,5)1(6)7/h1-4H3,(H,6,7);(H,6,7). The van der Waals surface area contributed by atoms with Gasteiger partial charge in [-0.3, -0.25) is 4.79 Å². The molecule has 0 aliphatic heterocycles. The highest BCUT2D eigenvalue weighted by atomic mass is 28.3. The van der Waals surface area contributed by atoms with Crippen LogP contribution in [0.3, 0.4) is 0 Å². The van der Waals surface area contributed by atoms with Crippen LogP contribution in [0.25, 0.3) is 0 Å². The zero-order valence-corrected chi connectivity index (χ0v) is 9.90. The van der Waals surface area contributed by atoms with Crippen molar-refractivity contribution >= 4 is 20.1 Å². The molecule has 15 heavy (non-hydrogen) atoms. The molecule has 0 aliphatic rings. The van der Waals surface area contributed by atoms with Crippen molar-refractivity contribution in [3.8, 4) is 0 Å². The number of carbonyl (C=O) groups excluding carboxylic acids is 1. The second kappa shape index (κ2) is 5.74. The molecule has 1 amide bonds. The monoisotopic (exact) mass is 245 g/mol. The molecular formula is C7H14F3NO3Si. The van der Waals surface area contributed by atoms with Gasteiger partial charge in [-0.25, -0.2) is 4.79 Å². The number of amides is 1. The van der Waals surface area contributed by atoms with Crippen LogP contribution in [-0.2, 0) is 9.59 Å². The summed E-state index contributed by atoms with van der Waals surface area (Å²) < 4.78 is 31.7. The second-order valence-corrected chi connectivity index (χ2v) is 8.48. The molecule has 90 valence electrons. The minimum atomic E-state index is -5.08. The van der Waals surface area contributed by atoms with E-state index in [4.69, 9.17) is 9.90 Å². The molecule has 2 N–H and O–H groups in total. The Balaban J connectivity index is 0. The van der Waals surface area contributed by atoms with E-state index in [1.807, 2.05) is 0 Å². The van der Waals surface area contributed by atoms with Crippen LogP contribution in [0.1, 0.15) is 6.92 Å². The largest absolute Gasteiger partial charge is 0.490 e. The van der Waals surface area contributed by atoms with E-state index in [0.29, 0.717) is 0 Å². The summed E-state index contributed by atoms with van der Waals surface area (Å²) in [6.45, 7) is 7.83. The molecule has 0 saturated heterocycles. The fraction of sp³-hybridized carbons (Fsp3) is 0.714. The summed E-state index contributed by atoms with van der Waals surface area (Å²) in [6.07, 6.45) is -5.08. The Morgan fingerprint density at radius 2 is 1.47 bits per heavy atom. The van der Waals surface area contributed by atoms with Crippen molar-refractivity contribution in [1.82, 2.24) is 4.98 Å². The first-order valence-electron chi connectivity index (χ1n) is 3.95. The molecule has 0 unspecified atom stereocenters. The van der Waals surface area contributed by atoms with E-state index >= 15 is 0 Å². The number of hydrogen-bond acceptors (Lipinski definition) is 2. The van der Waals surface area contributed by atoms with Gasteiger partial charge < -0.3 is 10.1 Å². The molecule has 0 radical (unpaired) electrons. The molecule has 0 saturated carbocycles. The number of aliphatic carboxylic acids is 1. The lowest BCUT2D eigenvalue weighted by Gasteiger charge is -2.15. The Kier molecular flexibility index (Phi) is 6.26. The van der Waals surface area contributed by atoms with Crippen molar-refractivity contribution in [3.63, 3.8) is 0 Å². The van der Waals surface area contributed by atoms with Gasteiger partial charge in [0.2, 0.25) is 5.91 Å². The fourth-order valence-corrected chi connectivity index (χ4v) is 1.58. The number of nitrogens with one attached hydrogen (secondary N) is 1. The maximum atomic E-state index is 10.6. The highest BCUT2D eigenvalue weighted by molar-refractivity contribution is 6.75. The minimum Gasteiger partial charge on any atom is -0.475 e. The van der Waals surface area contributed by atoms with E-state index in [1.165, 1.54) is 0 Å². The Morgan fingerprint density at radius 1 is 1.20 bits per heavy atom. The van der Waals surface area contributed by atoms with E-state index in [0.717, 1.165) is 0 Å². The number of carboxylic acids is 1. The lowest BCUT2D eigenvalue weighted by Crippen LogP contribution is -2.43. The van der Waals surface area contributed by atoms with Gasteiger partial charge in [0, 0.05) is 6.92 Å². The molecule has 8 heteroatoms. The van der Waals surface area contributed by atoms with E-state index in [2.05, 4.69) is 24.6 Å². The molecule has 0 aromatic carbocycles. The molecule has 0 aromatic rings. The van der Waals surface area contributed by atoms with Crippen LogP contribution in [0.4, 0.5) is 13.2 Å². The average Bonchev–Trinajstić information content (AvgIpc) is 1.78. The van der Waals surface area contributed by atoms with Crippen LogP contribution in [0.2, 0.25) is 19.6 Å². The summed E-state index contributed by atoms with van der Waals surface area (Å²) in [5.41, 5.74) is 0. The molecule has 0 bridgehead atoms. The van der Waals surface area contributed by atoms with Gasteiger partial charge in [0.15, 0.2) is 0 Å². The van der Waals surface area contributed by atoms with Gasteiger partial charge >= 0.3 is 12.1 Å². The first-order valence-corrected chi connectivity index (χ1v) is 7.45. The van der Waals surface area contributed by atoms with E-state index < -0.39 is 20.4 Å². The maximum Gasteiger partial charge on any atom is 0.490 e. The van der Waals surface area contributed by atoms with E-state index in [1.54, 1.807) is 6.92 Å². The van der Waals surface area contributed by atoms with Crippen molar-refractivity contribution < 1.29 is 27.9 Å². The Labute approximate surface area is 86.6 Å². The van der Waals surface area contributed by atoms with Crippen molar-refractivity contribution in [2.24, 2.45) is 0 Å². The van der Waals surface area contributed by atoms with Gasteiger partial charge in [-0.1, -0.05) is 19.6 Å². The maximum absolute atomic E-state index is 10.6. The number of alkyl halides is 3. The number of halogens is 3. The molecule has 0 rings (SSSR count). The van der Waals surface area contributed by atoms with Gasteiger partial charge in [-0.15, -0.1) is 0 Å². The van der Waals surface area contributed by atoms with E-state index in [9.17, 15) is 18.0 Å². The molecular weight excluding hydrogens is 231 g/mol. The van der Waals surface area contributed by atoms with Crippen LogP contribution >= 0.6 is 0 Å². The van der Waals surface area contributed by atoms with Gasteiger partial charge in [-0.2, -0.15) is 13.2 Å². The summed E-state index contributed by atoms with van der Waals surface area (Å²) in [5, 5.41) is 7.12. The zero-order chi connectivity index (χ0) is 12.9. The van der Waals surface area contributed by atoms with Crippen LogP contribution < -0.4 is 4.98 Å². The third-order valence-electron chi connectivity index (χ3n) is 0.794. The first kappa shape index (κ1) is 16.4. The Morgan fingerprint density at radius 3 is 1.47 bits per heavy atom. The number of carboxylic acid groups (broad SMARTS) is 1. The summed E-state index contributed by atoms with van der Waals surface area (Å²) in [4.78, 5) is 22.2. The summed E-state index contributed by atoms with van der Waals surface area (Å²) in [5.74, 6) is -2.67. The van der Waals surface area contributed by atoms with Crippen LogP contribution in [0.15, 0.2) is 0 Å². The predicted molar refractivity (Wildman–Crippen MR) is 50.9 cm³/mol. The molecule has 0 atom stereocenters. The van der Waals surface area contributed by atoms with Crippen molar-refractivity contribution in [2.45, 2.75) is 32.7 Å². The normalized spacial score (nSPS) is 11.1. The van der Waals surface area contributed by atoms with E-state index in [-0.39, 0.29) is 5.91 Å². The first-order chi connectivity index (χ1) is 6.36. The van der Waals surface area contributed by atoms with Crippen LogP contribution in [0, 0.1) is 0 Å². The summed E-state index contributed by atoms with van der Waals surface area (Å²) in [6, 6.07) is 0. The minimum absolute atomic E-state index is 0.0872. The van der Waals surface area contributed by atoms with Gasteiger partial charge in [0.1, 0.15) is 8.24 Å². The third-order valence-corrected chi connectivity index (χ3v) is 1.90. The smallest absolute Gasteiger partial charge is 0.475 e. The van der Waals surface area contributed by atoms with Gasteiger partial charge in [0.25, 0.3) is 0 Å². The molecule has 4 nitrogen and oxygen atoms in total. The Bertz CT molecular complexity index is 235. The number of rotatable bonds is 1. The third kappa shape index (κ3) is 15.7. The van der Waals surface area contributed by atoms with Crippen molar-refractivity contribution in [3.05, 3.63) is 0 Å². The number of hydrogen-bond donors (Lipinski definition) is 2. The molecule has 0 spiro atoms.